The number of benzene rings is 1. The van der Waals surface area contributed by atoms with Gasteiger partial charge in [0.15, 0.2) is 5.76 Å². The van der Waals surface area contributed by atoms with Crippen molar-refractivity contribution >= 4 is 0 Å². The second kappa shape index (κ2) is 8.61. The van der Waals surface area contributed by atoms with Gasteiger partial charge in [0.2, 0.25) is 0 Å². The first kappa shape index (κ1) is 20.6. The van der Waals surface area contributed by atoms with Crippen molar-refractivity contribution in [3.8, 4) is 34.0 Å². The first-order chi connectivity index (χ1) is 15.0. The third-order valence-corrected chi connectivity index (χ3v) is 4.88. The number of aromatic nitrogens is 4. The Hall–Kier alpha value is -3.65. The van der Waals surface area contributed by atoms with Crippen molar-refractivity contribution in [1.29, 1.82) is 0 Å². The topological polar surface area (TPSA) is 85.8 Å². The van der Waals surface area contributed by atoms with Gasteiger partial charge in [0.05, 0.1) is 18.1 Å². The number of pyridine rings is 1. The highest BCUT2D eigenvalue weighted by Gasteiger charge is 2.15. The van der Waals surface area contributed by atoms with Crippen molar-refractivity contribution in [2.24, 2.45) is 0 Å². The van der Waals surface area contributed by atoms with Crippen molar-refractivity contribution in [2.45, 2.75) is 26.4 Å². The van der Waals surface area contributed by atoms with E-state index in [1.165, 1.54) is 12.1 Å². The van der Waals surface area contributed by atoms with Gasteiger partial charge in [0.25, 0.3) is 5.56 Å². The maximum atomic E-state index is 14.5. The van der Waals surface area contributed by atoms with E-state index in [1.807, 2.05) is 27.0 Å². The summed E-state index contributed by atoms with van der Waals surface area (Å²) in [5, 5.41) is 7.00. The largest absolute Gasteiger partial charge is 0.354 e. The predicted octanol–water partition coefficient (Wildman–Crippen LogP) is 4.07. The van der Waals surface area contributed by atoms with Gasteiger partial charge >= 0.3 is 0 Å². The summed E-state index contributed by atoms with van der Waals surface area (Å²) >= 11 is 0. The van der Waals surface area contributed by atoms with E-state index in [1.54, 1.807) is 41.4 Å². The number of hydrogen-bond acceptors (Lipinski definition) is 6. The highest BCUT2D eigenvalue weighted by Crippen LogP contribution is 2.28. The van der Waals surface area contributed by atoms with Crippen LogP contribution in [0.1, 0.15) is 25.5 Å². The molecule has 3 heterocycles. The molecule has 0 fully saturated rings. The van der Waals surface area contributed by atoms with Crippen LogP contribution in [-0.4, -0.2) is 26.7 Å². The van der Waals surface area contributed by atoms with Crippen LogP contribution in [0.2, 0.25) is 0 Å². The molecule has 0 radical (unpaired) electrons. The maximum Gasteiger partial charge on any atom is 0.250 e. The lowest BCUT2D eigenvalue weighted by Crippen LogP contribution is -2.20. The van der Waals surface area contributed by atoms with E-state index in [0.717, 1.165) is 11.1 Å². The third-order valence-electron chi connectivity index (χ3n) is 4.88. The van der Waals surface area contributed by atoms with Crippen LogP contribution in [0.25, 0.3) is 34.0 Å². The van der Waals surface area contributed by atoms with Crippen molar-refractivity contribution in [2.75, 3.05) is 7.05 Å². The standard InChI is InChI=1S/C23H22FN5O2/c1-14(2)29-13-16(5-7-23(29)30)20-11-26-12-21(27-20)22-9-19(28-31-22)17-6-4-15(10-25-3)8-18(17)24/h4-9,11-14,25H,10H2,1-3H3. The number of halogens is 1. The number of hydrogen-bond donors (Lipinski definition) is 1. The average molecular weight is 419 g/mol. The van der Waals surface area contributed by atoms with Gasteiger partial charge < -0.3 is 14.4 Å². The summed E-state index contributed by atoms with van der Waals surface area (Å²) in [7, 11) is 1.81. The molecule has 0 amide bonds. The van der Waals surface area contributed by atoms with Crippen molar-refractivity contribution in [3.05, 3.63) is 76.7 Å². The van der Waals surface area contributed by atoms with E-state index < -0.39 is 0 Å². The number of nitrogens with one attached hydrogen (secondary N) is 1. The van der Waals surface area contributed by atoms with Crippen LogP contribution >= 0.6 is 0 Å². The van der Waals surface area contributed by atoms with Gasteiger partial charge in [0.1, 0.15) is 17.2 Å². The molecule has 0 spiro atoms. The van der Waals surface area contributed by atoms with Crippen LogP contribution in [0.3, 0.4) is 0 Å². The molecule has 0 unspecified atom stereocenters. The highest BCUT2D eigenvalue weighted by molar-refractivity contribution is 5.67. The lowest BCUT2D eigenvalue weighted by Gasteiger charge is -2.11. The molecular weight excluding hydrogens is 397 g/mol. The minimum Gasteiger partial charge on any atom is -0.354 e. The van der Waals surface area contributed by atoms with E-state index in [2.05, 4.69) is 20.4 Å². The molecule has 0 aliphatic carbocycles. The van der Waals surface area contributed by atoms with Gasteiger partial charge in [-0.25, -0.2) is 9.37 Å². The second-order valence-corrected chi connectivity index (χ2v) is 7.47. The molecule has 8 heteroatoms. The highest BCUT2D eigenvalue weighted by atomic mass is 19.1. The van der Waals surface area contributed by atoms with Crippen molar-refractivity contribution < 1.29 is 8.91 Å². The fraction of sp³-hybridized carbons (Fsp3) is 0.217. The van der Waals surface area contributed by atoms with Crippen molar-refractivity contribution in [3.63, 3.8) is 0 Å². The molecule has 0 atom stereocenters. The van der Waals surface area contributed by atoms with E-state index >= 15 is 0 Å². The Labute approximate surface area is 178 Å². The summed E-state index contributed by atoms with van der Waals surface area (Å²) < 4.78 is 21.6. The first-order valence-electron chi connectivity index (χ1n) is 9.91. The molecule has 1 N–H and O–H groups in total. The summed E-state index contributed by atoms with van der Waals surface area (Å²) in [5.41, 5.74) is 3.30. The fourth-order valence-corrected chi connectivity index (χ4v) is 3.29. The van der Waals surface area contributed by atoms with Crippen LogP contribution in [0.5, 0.6) is 0 Å². The number of nitrogens with zero attached hydrogens (tertiary/aromatic N) is 4. The average Bonchev–Trinajstić information content (AvgIpc) is 3.24. The van der Waals surface area contributed by atoms with Gasteiger partial charge in [0, 0.05) is 42.0 Å². The molecule has 1 aromatic carbocycles. The van der Waals surface area contributed by atoms with Gasteiger partial charge in [-0.2, -0.15) is 0 Å². The minimum absolute atomic E-state index is 0.0230. The summed E-state index contributed by atoms with van der Waals surface area (Å²) in [6, 6.07) is 9.88. The Kier molecular flexibility index (Phi) is 5.73. The minimum atomic E-state index is -0.372. The predicted molar refractivity (Wildman–Crippen MR) is 116 cm³/mol. The zero-order chi connectivity index (χ0) is 22.0. The molecule has 0 bridgehead atoms. The van der Waals surface area contributed by atoms with Gasteiger partial charge in [-0.3, -0.25) is 9.78 Å². The first-order valence-corrected chi connectivity index (χ1v) is 9.91. The monoisotopic (exact) mass is 419 g/mol. The third kappa shape index (κ3) is 4.29. The molecule has 31 heavy (non-hydrogen) atoms. The van der Waals surface area contributed by atoms with E-state index in [0.29, 0.717) is 35.0 Å². The maximum absolute atomic E-state index is 14.5. The number of rotatable bonds is 6. The van der Waals surface area contributed by atoms with Gasteiger partial charge in [-0.1, -0.05) is 11.2 Å². The Balaban J connectivity index is 1.66. The summed E-state index contributed by atoms with van der Waals surface area (Å²) in [4.78, 5) is 20.9. The quantitative estimate of drug-likeness (QED) is 0.507. The molecule has 158 valence electrons. The van der Waals surface area contributed by atoms with E-state index in [4.69, 9.17) is 4.52 Å². The summed E-state index contributed by atoms with van der Waals surface area (Å²) in [5.74, 6) is 0.00334. The van der Waals surface area contributed by atoms with Crippen LogP contribution in [0.15, 0.2) is 64.3 Å². The Bertz CT molecular complexity index is 1280. The lowest BCUT2D eigenvalue weighted by molar-refractivity contribution is 0.433. The SMILES string of the molecule is CNCc1ccc(-c2cc(-c3cncc(-c4ccc(=O)n(C(C)C)c4)n3)on2)c(F)c1. The van der Waals surface area contributed by atoms with E-state index in [-0.39, 0.29) is 17.4 Å². The smallest absolute Gasteiger partial charge is 0.250 e. The van der Waals surface area contributed by atoms with Crippen molar-refractivity contribution in [1.82, 2.24) is 25.0 Å². The van der Waals surface area contributed by atoms with Gasteiger partial charge in [-0.15, -0.1) is 0 Å². The molecule has 0 saturated heterocycles. The Morgan fingerprint density at radius 3 is 2.65 bits per heavy atom. The molecule has 7 nitrogen and oxygen atoms in total. The fourth-order valence-electron chi connectivity index (χ4n) is 3.29. The Morgan fingerprint density at radius 2 is 1.90 bits per heavy atom. The van der Waals surface area contributed by atoms with Crippen LogP contribution in [0, 0.1) is 5.82 Å². The van der Waals surface area contributed by atoms with Gasteiger partial charge in [-0.05, 0) is 44.7 Å². The second-order valence-electron chi connectivity index (χ2n) is 7.47. The Morgan fingerprint density at radius 1 is 1.10 bits per heavy atom. The lowest BCUT2D eigenvalue weighted by atomic mass is 10.1. The molecule has 0 saturated carbocycles. The molecular formula is C23H22FN5O2. The zero-order valence-corrected chi connectivity index (χ0v) is 17.5. The summed E-state index contributed by atoms with van der Waals surface area (Å²) in [6.07, 6.45) is 4.93. The molecule has 4 aromatic rings. The normalized spacial score (nSPS) is 11.3. The van der Waals surface area contributed by atoms with Crippen LogP contribution in [0.4, 0.5) is 4.39 Å². The van der Waals surface area contributed by atoms with Crippen LogP contribution < -0.4 is 10.9 Å². The summed E-state index contributed by atoms with van der Waals surface area (Å²) in [6.45, 7) is 4.45. The molecule has 4 rings (SSSR count). The molecule has 0 aliphatic heterocycles. The molecule has 3 aromatic heterocycles. The van der Waals surface area contributed by atoms with E-state index in [9.17, 15) is 9.18 Å². The zero-order valence-electron chi connectivity index (χ0n) is 17.5. The van der Waals surface area contributed by atoms with Crippen LogP contribution in [-0.2, 0) is 6.54 Å². The molecule has 0 aliphatic rings.